The quantitative estimate of drug-likeness (QED) is 0.828. The van der Waals surface area contributed by atoms with Crippen molar-refractivity contribution in [1.82, 2.24) is 0 Å². The summed E-state index contributed by atoms with van der Waals surface area (Å²) in [4.78, 5) is 13.3. The predicted molar refractivity (Wildman–Crippen MR) is 88.8 cm³/mol. The summed E-state index contributed by atoms with van der Waals surface area (Å²) in [7, 11) is -2.00. The van der Waals surface area contributed by atoms with Crippen LogP contribution in [0.15, 0.2) is 41.3 Å². The average molecular weight is 361 g/mol. The molecule has 1 amide bonds. The first-order chi connectivity index (χ1) is 11.9. The van der Waals surface area contributed by atoms with Crippen LogP contribution >= 0.6 is 0 Å². The van der Waals surface area contributed by atoms with E-state index in [9.17, 15) is 13.2 Å². The van der Waals surface area contributed by atoms with Crippen LogP contribution < -0.4 is 19.1 Å². The third kappa shape index (κ3) is 2.78. The lowest BCUT2D eigenvalue weighted by molar-refractivity contribution is -0.120. The number of carbonyl (C=O) groups is 1. The van der Waals surface area contributed by atoms with Gasteiger partial charge >= 0.3 is 0 Å². The summed E-state index contributed by atoms with van der Waals surface area (Å²) >= 11 is 0. The number of likely N-dealkylation sites (N-methyl/N-ethyl adjacent to an activating group) is 1. The van der Waals surface area contributed by atoms with Crippen LogP contribution in [0, 0.1) is 0 Å². The van der Waals surface area contributed by atoms with Crippen molar-refractivity contribution < 1.29 is 27.4 Å². The zero-order chi connectivity index (χ0) is 17.6. The summed E-state index contributed by atoms with van der Waals surface area (Å²) in [5.74, 6) is 1.23. The highest BCUT2D eigenvalue weighted by Crippen LogP contribution is 2.36. The third-order valence-electron chi connectivity index (χ3n) is 4.17. The van der Waals surface area contributed by atoms with Crippen LogP contribution in [-0.2, 0) is 20.4 Å². The maximum atomic E-state index is 12.8. The zero-order valence-electron chi connectivity index (χ0n) is 13.4. The van der Waals surface area contributed by atoms with E-state index in [1.165, 1.54) is 17.0 Å². The fraction of sp³-hybridized carbons (Fsp3) is 0.235. The molecule has 0 spiro atoms. The maximum Gasteiger partial charge on any atom is 0.264 e. The van der Waals surface area contributed by atoms with Crippen molar-refractivity contribution in [1.29, 1.82) is 0 Å². The molecule has 0 bridgehead atoms. The van der Waals surface area contributed by atoms with Gasteiger partial charge in [0.1, 0.15) is 5.75 Å². The Labute approximate surface area is 144 Å². The first kappa shape index (κ1) is 15.8. The van der Waals surface area contributed by atoms with Crippen molar-refractivity contribution in [3.05, 3.63) is 42.0 Å². The number of hydrogen-bond donors (Lipinski definition) is 0. The van der Waals surface area contributed by atoms with E-state index in [1.807, 2.05) is 0 Å². The number of benzene rings is 2. The molecule has 8 heteroatoms. The molecule has 0 saturated heterocycles. The number of fused-ring (bicyclic) bond motifs is 2. The lowest BCUT2D eigenvalue weighted by Crippen LogP contribution is -2.35. The highest BCUT2D eigenvalue weighted by atomic mass is 32.2. The molecule has 2 aliphatic rings. The molecule has 0 atom stereocenters. The topological polar surface area (TPSA) is 82.1 Å². The number of hydrogen-bond acceptors (Lipinski definition) is 6. The minimum Gasteiger partial charge on any atom is -0.482 e. The summed E-state index contributed by atoms with van der Waals surface area (Å²) in [6.45, 7) is 0.0868. The van der Waals surface area contributed by atoms with Crippen LogP contribution in [0.4, 0.5) is 5.69 Å². The van der Waals surface area contributed by atoms with E-state index < -0.39 is 9.84 Å². The van der Waals surface area contributed by atoms with Crippen molar-refractivity contribution in [2.24, 2.45) is 0 Å². The van der Waals surface area contributed by atoms with Gasteiger partial charge in [-0.3, -0.25) is 4.79 Å². The summed E-state index contributed by atoms with van der Waals surface area (Å²) in [6.07, 6.45) is 0. The number of amides is 1. The summed E-state index contributed by atoms with van der Waals surface area (Å²) in [5.41, 5.74) is 1.05. The Bertz CT molecular complexity index is 969. The molecule has 0 unspecified atom stereocenters. The van der Waals surface area contributed by atoms with E-state index in [4.69, 9.17) is 14.2 Å². The highest BCUT2D eigenvalue weighted by Gasteiger charge is 2.25. The van der Waals surface area contributed by atoms with Gasteiger partial charge in [-0.2, -0.15) is 0 Å². The molecular formula is C17H15NO6S. The Morgan fingerprint density at radius 2 is 1.76 bits per heavy atom. The SMILES string of the molecule is CN1C(=O)COc2ccc(S(=O)(=O)Cc3ccc4c(c3)OCO4)cc21. The number of sulfone groups is 1. The molecule has 2 aliphatic heterocycles. The van der Waals surface area contributed by atoms with Gasteiger partial charge in [0.25, 0.3) is 5.91 Å². The lowest BCUT2D eigenvalue weighted by Gasteiger charge is -2.26. The van der Waals surface area contributed by atoms with Gasteiger partial charge in [-0.15, -0.1) is 0 Å². The lowest BCUT2D eigenvalue weighted by atomic mass is 10.2. The minimum absolute atomic E-state index is 0.0488. The third-order valence-corrected chi connectivity index (χ3v) is 5.86. The van der Waals surface area contributed by atoms with Crippen LogP contribution in [-0.4, -0.2) is 34.8 Å². The smallest absolute Gasteiger partial charge is 0.264 e. The first-order valence-electron chi connectivity index (χ1n) is 7.59. The van der Waals surface area contributed by atoms with Crippen molar-refractivity contribution in [2.75, 3.05) is 25.3 Å². The molecule has 2 aromatic carbocycles. The molecule has 4 rings (SSSR count). The summed E-state index contributed by atoms with van der Waals surface area (Å²) < 4.78 is 41.4. The standard InChI is InChI=1S/C17H15NO6S/c1-18-13-7-12(3-5-14(13)22-8-17(18)19)25(20,21)9-11-2-4-15-16(6-11)24-10-23-15/h2-7H,8-10H2,1H3. The zero-order valence-corrected chi connectivity index (χ0v) is 14.2. The molecule has 0 saturated carbocycles. The Morgan fingerprint density at radius 1 is 1.00 bits per heavy atom. The van der Waals surface area contributed by atoms with Crippen LogP contribution in [0.3, 0.4) is 0 Å². The van der Waals surface area contributed by atoms with Gasteiger partial charge < -0.3 is 19.1 Å². The van der Waals surface area contributed by atoms with Crippen LogP contribution in [0.1, 0.15) is 5.56 Å². The monoisotopic (exact) mass is 361 g/mol. The van der Waals surface area contributed by atoms with Gasteiger partial charge in [-0.25, -0.2) is 8.42 Å². The molecule has 2 aromatic rings. The van der Waals surface area contributed by atoms with Gasteiger partial charge in [0, 0.05) is 7.05 Å². The maximum absolute atomic E-state index is 12.8. The molecule has 130 valence electrons. The first-order valence-corrected chi connectivity index (χ1v) is 9.24. The van der Waals surface area contributed by atoms with E-state index in [0.29, 0.717) is 28.5 Å². The summed E-state index contributed by atoms with van der Waals surface area (Å²) in [6, 6.07) is 9.59. The number of nitrogens with zero attached hydrogens (tertiary/aromatic N) is 1. The van der Waals surface area contributed by atoms with Gasteiger partial charge in [0.05, 0.1) is 16.3 Å². The summed E-state index contributed by atoms with van der Waals surface area (Å²) in [5, 5.41) is 0. The van der Waals surface area contributed by atoms with Crippen LogP contribution in [0.5, 0.6) is 17.2 Å². The molecule has 0 aromatic heterocycles. The number of rotatable bonds is 3. The fourth-order valence-electron chi connectivity index (χ4n) is 2.78. The molecule has 0 aliphatic carbocycles. The van der Waals surface area contributed by atoms with E-state index in [-0.39, 0.29) is 30.0 Å². The van der Waals surface area contributed by atoms with E-state index >= 15 is 0 Å². The van der Waals surface area contributed by atoms with Gasteiger partial charge in [0.2, 0.25) is 6.79 Å². The number of carbonyl (C=O) groups excluding carboxylic acids is 1. The second-order valence-electron chi connectivity index (χ2n) is 5.82. The van der Waals surface area contributed by atoms with E-state index in [2.05, 4.69) is 0 Å². The van der Waals surface area contributed by atoms with Crippen molar-refractivity contribution in [2.45, 2.75) is 10.6 Å². The average Bonchev–Trinajstić information content (AvgIpc) is 3.05. The molecule has 7 nitrogen and oxygen atoms in total. The van der Waals surface area contributed by atoms with E-state index in [1.54, 1.807) is 31.3 Å². The normalized spacial score (nSPS) is 15.7. The molecule has 0 N–H and O–H groups in total. The van der Waals surface area contributed by atoms with Gasteiger partial charge in [0.15, 0.2) is 27.9 Å². The van der Waals surface area contributed by atoms with Crippen molar-refractivity contribution >= 4 is 21.4 Å². The van der Waals surface area contributed by atoms with Crippen LogP contribution in [0.2, 0.25) is 0 Å². The van der Waals surface area contributed by atoms with Gasteiger partial charge in [-0.1, -0.05) is 6.07 Å². The molecule has 0 radical (unpaired) electrons. The van der Waals surface area contributed by atoms with Crippen LogP contribution in [0.25, 0.3) is 0 Å². The van der Waals surface area contributed by atoms with Gasteiger partial charge in [-0.05, 0) is 35.9 Å². The Hall–Kier alpha value is -2.74. The molecule has 25 heavy (non-hydrogen) atoms. The Kier molecular flexibility index (Phi) is 3.57. The largest absolute Gasteiger partial charge is 0.482 e. The minimum atomic E-state index is -3.60. The Morgan fingerprint density at radius 3 is 2.60 bits per heavy atom. The van der Waals surface area contributed by atoms with E-state index in [0.717, 1.165) is 0 Å². The highest BCUT2D eigenvalue weighted by molar-refractivity contribution is 7.90. The predicted octanol–water partition coefficient (Wildman–Crippen LogP) is 1.74. The Balaban J connectivity index is 1.65. The second-order valence-corrected chi connectivity index (χ2v) is 7.81. The number of ether oxygens (including phenoxy) is 3. The fourth-order valence-corrected chi connectivity index (χ4v) is 4.13. The molecule has 0 fully saturated rings. The van der Waals surface area contributed by atoms with Crippen molar-refractivity contribution in [3.8, 4) is 17.2 Å². The second kappa shape index (κ2) is 5.66. The molecule has 2 heterocycles. The van der Waals surface area contributed by atoms with Crippen molar-refractivity contribution in [3.63, 3.8) is 0 Å². The molecular weight excluding hydrogens is 346 g/mol. The number of anilines is 1.